The number of H-pyrrole nitrogens is 1. The highest BCUT2D eigenvalue weighted by molar-refractivity contribution is 6.04. The van der Waals surface area contributed by atoms with Crippen LogP contribution in [0.25, 0.3) is 38.9 Å². The lowest BCUT2D eigenvalue weighted by Gasteiger charge is -2.33. The van der Waals surface area contributed by atoms with Gasteiger partial charge in [0.1, 0.15) is 5.82 Å². The maximum absolute atomic E-state index is 14.0. The third-order valence-corrected chi connectivity index (χ3v) is 15.6. The summed E-state index contributed by atoms with van der Waals surface area (Å²) in [6.07, 6.45) is 9.06. The lowest BCUT2D eigenvalue weighted by Crippen LogP contribution is -2.48. The van der Waals surface area contributed by atoms with E-state index in [1.165, 1.54) is 66.9 Å². The summed E-state index contributed by atoms with van der Waals surface area (Å²) in [6.45, 7) is 12.9. The number of methoxy groups -OCH3 is 2. The molecule has 9 rings (SSSR count). The van der Waals surface area contributed by atoms with Crippen LogP contribution in [0.4, 0.5) is 0 Å². The molecular weight excluding hydrogens is 815 g/mol. The van der Waals surface area contributed by atoms with Gasteiger partial charge >= 0.3 is 11.9 Å². The molecule has 1 N–H and O–H groups in total. The summed E-state index contributed by atoms with van der Waals surface area (Å²) in [5, 5.41) is 0. The smallest absolute Gasteiger partial charge is 0.306 e. The molecule has 342 valence electrons. The molecule has 2 amide bonds. The molecule has 8 atom stereocenters. The van der Waals surface area contributed by atoms with Crippen molar-refractivity contribution in [3.05, 3.63) is 83.3 Å². The largest absolute Gasteiger partial charge is 0.469 e. The molecule has 0 radical (unpaired) electrons. The molecule has 2 bridgehead atoms. The molecule has 3 aliphatic heterocycles. The third-order valence-electron chi connectivity index (χ3n) is 15.6. The van der Waals surface area contributed by atoms with Gasteiger partial charge in [0.15, 0.2) is 0 Å². The number of esters is 2. The van der Waals surface area contributed by atoms with Crippen LogP contribution in [0.2, 0.25) is 0 Å². The number of nitrogens with one attached hydrogen (secondary N) is 1. The highest BCUT2D eigenvalue weighted by atomic mass is 16.5. The van der Waals surface area contributed by atoms with Gasteiger partial charge in [0, 0.05) is 30.9 Å². The van der Waals surface area contributed by atoms with E-state index in [1.54, 1.807) is 0 Å². The van der Waals surface area contributed by atoms with Gasteiger partial charge < -0.3 is 24.3 Å². The highest BCUT2D eigenvalue weighted by Crippen LogP contribution is 2.58. The number of carbonyl (C=O) groups excluding carboxylic acids is 4. The van der Waals surface area contributed by atoms with E-state index in [9.17, 15) is 19.2 Å². The topological polar surface area (TPSA) is 134 Å². The number of ether oxygens (including phenoxy) is 2. The summed E-state index contributed by atoms with van der Waals surface area (Å²) >= 11 is 0. The Morgan fingerprint density at radius 1 is 0.723 bits per heavy atom. The fraction of sp³-hybridized carbons (Fsp3) is 0.519. The maximum Gasteiger partial charge on any atom is 0.306 e. The Morgan fingerprint density at radius 2 is 1.32 bits per heavy atom. The van der Waals surface area contributed by atoms with E-state index >= 15 is 0 Å². The van der Waals surface area contributed by atoms with E-state index in [4.69, 9.17) is 19.5 Å². The zero-order valence-corrected chi connectivity index (χ0v) is 39.4. The van der Waals surface area contributed by atoms with E-state index in [1.807, 2.05) is 43.7 Å². The number of likely N-dealkylation sites (tertiary alicyclic amines) is 2. The number of aliphatic imine (C=N–C) groups is 1. The minimum Gasteiger partial charge on any atom is -0.469 e. The van der Waals surface area contributed by atoms with Gasteiger partial charge in [-0.3, -0.25) is 24.2 Å². The van der Waals surface area contributed by atoms with Crippen LogP contribution in [0.1, 0.15) is 140 Å². The number of nitrogens with zero attached hydrogens (tertiary/aromatic N) is 4. The summed E-state index contributed by atoms with van der Waals surface area (Å²) in [7, 11) is 2.75. The second kappa shape index (κ2) is 18.0. The zero-order chi connectivity index (χ0) is 45.8. The first-order valence-electron chi connectivity index (χ1n) is 24.0. The highest BCUT2D eigenvalue weighted by Gasteiger charge is 2.44. The number of amides is 2. The van der Waals surface area contributed by atoms with Gasteiger partial charge in [-0.2, -0.15) is 0 Å². The predicted molar refractivity (Wildman–Crippen MR) is 254 cm³/mol. The lowest BCUT2D eigenvalue weighted by atomic mass is 9.81. The van der Waals surface area contributed by atoms with Crippen molar-refractivity contribution in [3.63, 3.8) is 0 Å². The number of allylic oxidation sites excluding steroid dienone is 1. The van der Waals surface area contributed by atoms with Gasteiger partial charge in [0.05, 0.1) is 62.0 Å². The number of imidazole rings is 1. The molecule has 11 nitrogen and oxygen atoms in total. The Kier molecular flexibility index (Phi) is 12.4. The minimum atomic E-state index is -0.445. The van der Waals surface area contributed by atoms with Gasteiger partial charge in [0.25, 0.3) is 0 Å². The summed E-state index contributed by atoms with van der Waals surface area (Å²) in [6, 6.07) is 20.0. The molecule has 3 fully saturated rings. The number of rotatable bonds is 13. The number of fused-ring (bicyclic) bond motifs is 6. The van der Waals surface area contributed by atoms with Crippen molar-refractivity contribution in [2.24, 2.45) is 34.6 Å². The molecule has 0 spiro atoms. The van der Waals surface area contributed by atoms with Crippen LogP contribution >= 0.6 is 0 Å². The van der Waals surface area contributed by atoms with Gasteiger partial charge in [-0.05, 0) is 132 Å². The molecule has 4 aromatic rings. The number of carbonyl (C=O) groups is 4. The Morgan fingerprint density at radius 3 is 1.95 bits per heavy atom. The van der Waals surface area contributed by atoms with Gasteiger partial charge in [-0.15, -0.1) is 0 Å². The van der Waals surface area contributed by atoms with Crippen molar-refractivity contribution in [3.8, 4) is 22.3 Å². The van der Waals surface area contributed by atoms with Crippen molar-refractivity contribution in [2.45, 2.75) is 129 Å². The van der Waals surface area contributed by atoms with Crippen LogP contribution in [0, 0.1) is 29.6 Å². The molecule has 2 saturated heterocycles. The van der Waals surface area contributed by atoms with E-state index in [2.05, 4.69) is 73.4 Å². The number of benzene rings is 3. The van der Waals surface area contributed by atoms with Crippen molar-refractivity contribution in [1.29, 1.82) is 0 Å². The normalized spacial score (nSPS) is 24.5. The lowest BCUT2D eigenvalue weighted by molar-refractivity contribution is -0.148. The second-order valence-electron chi connectivity index (χ2n) is 20.4. The summed E-state index contributed by atoms with van der Waals surface area (Å²) in [5.41, 5.74) is 13.2. The number of aromatic nitrogens is 2. The van der Waals surface area contributed by atoms with Crippen LogP contribution in [-0.4, -0.2) is 82.1 Å². The molecular formula is C54H65N5O6. The van der Waals surface area contributed by atoms with E-state index < -0.39 is 11.8 Å². The first-order valence-corrected chi connectivity index (χ1v) is 24.0. The number of aromatic amines is 1. The third kappa shape index (κ3) is 8.33. The van der Waals surface area contributed by atoms with Crippen LogP contribution in [-0.2, 0) is 28.7 Å². The zero-order valence-electron chi connectivity index (χ0n) is 39.4. The average Bonchev–Trinajstić information content (AvgIpc) is 4.17. The molecule has 5 aliphatic rings. The Balaban J connectivity index is 0.933. The minimum absolute atomic E-state index is 0.00154. The Bertz CT molecular complexity index is 2570. The molecule has 1 aromatic heterocycles. The molecule has 1 saturated carbocycles. The van der Waals surface area contributed by atoms with Gasteiger partial charge in [-0.1, -0.05) is 77.1 Å². The summed E-state index contributed by atoms with van der Waals surface area (Å²) in [4.78, 5) is 70.1. The first-order chi connectivity index (χ1) is 31.2. The SMILES string of the molecule is COC(=O)CC(C(=O)N1CC(C)CC1c1nc2ccc(-c3ccc(-c4ccc(C5=CN=C(C6CCC(C)N6C(=O)C(CC(=O)OC)C(C)C)C5)cc4)c4c3C3CCC4C3)cc2[nH]1)C(C)C. The maximum atomic E-state index is 14.0. The molecule has 2 aliphatic carbocycles. The van der Waals surface area contributed by atoms with Crippen LogP contribution in [0.15, 0.2) is 65.8 Å². The van der Waals surface area contributed by atoms with Crippen LogP contribution in [0.5, 0.6) is 0 Å². The standard InChI is InChI=1S/C54H65N5O6/c1-29(2)41(25-48(60)64-7)53(62)58-28-31(5)21-47(58)52-56-43-19-16-35(23-44(43)57-52)40-18-17-39(50-36-14-15-37(22-36)51(40)50)34-12-10-33(11-13-34)38-24-45(55-27-38)46-20-9-32(6)59(46)54(63)42(30(3)4)26-49(61)65-8/h10-13,16-19,23,27,29-32,36-37,41-42,46-47H,9,14-15,20-22,24-26,28H2,1-8H3,(H,56,57). The first kappa shape index (κ1) is 44.6. The summed E-state index contributed by atoms with van der Waals surface area (Å²) in [5.74, 6) is 0.648. The van der Waals surface area contributed by atoms with Crippen molar-refractivity contribution in [2.75, 3.05) is 20.8 Å². The Hall–Kier alpha value is -5.58. The Labute approximate surface area is 383 Å². The van der Waals surface area contributed by atoms with E-state index in [0.717, 1.165) is 53.0 Å². The van der Waals surface area contributed by atoms with Crippen LogP contribution < -0.4 is 0 Å². The number of hydrogen-bond acceptors (Lipinski definition) is 8. The molecule has 65 heavy (non-hydrogen) atoms. The average molecular weight is 880 g/mol. The second-order valence-corrected chi connectivity index (χ2v) is 20.4. The van der Waals surface area contributed by atoms with Crippen LogP contribution in [0.3, 0.4) is 0 Å². The molecule has 8 unspecified atom stereocenters. The fourth-order valence-electron chi connectivity index (χ4n) is 11.9. The van der Waals surface area contributed by atoms with Gasteiger partial charge in [-0.25, -0.2) is 4.98 Å². The molecule has 3 aromatic carbocycles. The summed E-state index contributed by atoms with van der Waals surface area (Å²) < 4.78 is 9.90. The van der Waals surface area contributed by atoms with Crippen molar-refractivity contribution >= 4 is 46.1 Å². The fourth-order valence-corrected chi connectivity index (χ4v) is 11.9. The number of hydrogen-bond donors (Lipinski definition) is 1. The van der Waals surface area contributed by atoms with Crippen molar-refractivity contribution in [1.82, 2.24) is 19.8 Å². The quantitative estimate of drug-likeness (QED) is 0.132. The predicted octanol–water partition coefficient (Wildman–Crippen LogP) is 10.4. The molecule has 11 heteroatoms. The van der Waals surface area contributed by atoms with Crippen molar-refractivity contribution < 1.29 is 28.7 Å². The monoisotopic (exact) mass is 879 g/mol. The van der Waals surface area contributed by atoms with E-state index in [0.29, 0.717) is 30.7 Å². The van der Waals surface area contributed by atoms with E-state index in [-0.39, 0.29) is 66.6 Å². The molecule has 4 heterocycles. The van der Waals surface area contributed by atoms with Gasteiger partial charge in [0.2, 0.25) is 11.8 Å².